The Hall–Kier alpha value is -1.49. The highest BCUT2D eigenvalue weighted by Crippen LogP contribution is 1.91. The highest BCUT2D eigenvalue weighted by Gasteiger charge is 1.93. The second-order valence-electron chi connectivity index (χ2n) is 2.91. The minimum atomic E-state index is 0.0536. The first-order chi connectivity index (χ1) is 6.24. The number of nitrogens with zero attached hydrogens (tertiary/aromatic N) is 1. The lowest BCUT2D eigenvalue weighted by molar-refractivity contribution is 0.688. The second kappa shape index (κ2) is 4.51. The Balaban J connectivity index is 2.76. The van der Waals surface area contributed by atoms with E-state index in [1.165, 1.54) is 0 Å². The van der Waals surface area contributed by atoms with Crippen molar-refractivity contribution < 1.29 is 0 Å². The highest BCUT2D eigenvalue weighted by molar-refractivity contribution is 5.08. The third kappa shape index (κ3) is 2.79. The SMILES string of the molecule is CC#CCCn1ccc(C)cc1=O. The summed E-state index contributed by atoms with van der Waals surface area (Å²) in [6.07, 6.45) is 2.55. The number of aromatic nitrogens is 1. The van der Waals surface area contributed by atoms with Crippen molar-refractivity contribution in [2.24, 2.45) is 0 Å². The first-order valence-electron chi connectivity index (χ1n) is 4.31. The van der Waals surface area contributed by atoms with Crippen molar-refractivity contribution in [1.29, 1.82) is 0 Å². The Morgan fingerprint density at radius 3 is 2.92 bits per heavy atom. The van der Waals surface area contributed by atoms with Gasteiger partial charge in [-0.1, -0.05) is 0 Å². The highest BCUT2D eigenvalue weighted by atomic mass is 16.1. The predicted octanol–water partition coefficient (Wildman–Crippen LogP) is 1.57. The molecule has 0 aliphatic rings. The minimum absolute atomic E-state index is 0.0536. The van der Waals surface area contributed by atoms with Crippen LogP contribution < -0.4 is 5.56 Å². The molecule has 13 heavy (non-hydrogen) atoms. The van der Waals surface area contributed by atoms with E-state index in [2.05, 4.69) is 11.8 Å². The fraction of sp³-hybridized carbons (Fsp3) is 0.364. The van der Waals surface area contributed by atoms with Gasteiger partial charge in [0.2, 0.25) is 0 Å². The minimum Gasteiger partial charge on any atom is -0.315 e. The molecular weight excluding hydrogens is 162 g/mol. The summed E-state index contributed by atoms with van der Waals surface area (Å²) in [5, 5.41) is 0. The van der Waals surface area contributed by atoms with Crippen LogP contribution in [0.1, 0.15) is 18.9 Å². The molecule has 0 unspecified atom stereocenters. The molecule has 1 aromatic rings. The van der Waals surface area contributed by atoms with Crippen LogP contribution in [-0.2, 0) is 6.54 Å². The van der Waals surface area contributed by atoms with E-state index >= 15 is 0 Å². The molecule has 0 N–H and O–H groups in total. The quantitative estimate of drug-likeness (QED) is 0.625. The molecule has 2 nitrogen and oxygen atoms in total. The molecule has 0 atom stereocenters. The molecule has 0 radical (unpaired) electrons. The van der Waals surface area contributed by atoms with Gasteiger partial charge in [0.15, 0.2) is 0 Å². The average molecular weight is 175 g/mol. The third-order valence-electron chi connectivity index (χ3n) is 1.81. The molecule has 1 aromatic heterocycles. The van der Waals surface area contributed by atoms with E-state index in [0.29, 0.717) is 6.54 Å². The van der Waals surface area contributed by atoms with Gasteiger partial charge in [-0.25, -0.2) is 0 Å². The van der Waals surface area contributed by atoms with Crippen molar-refractivity contribution in [2.45, 2.75) is 26.8 Å². The second-order valence-corrected chi connectivity index (χ2v) is 2.91. The molecular formula is C11H13NO. The van der Waals surface area contributed by atoms with Gasteiger partial charge in [0.1, 0.15) is 0 Å². The summed E-state index contributed by atoms with van der Waals surface area (Å²) >= 11 is 0. The standard InChI is InChI=1S/C11H13NO/c1-3-4-5-7-12-8-6-10(2)9-11(12)13/h6,8-9H,5,7H2,1-2H3. The number of rotatable bonds is 2. The van der Waals surface area contributed by atoms with Crippen LogP contribution in [0.3, 0.4) is 0 Å². The van der Waals surface area contributed by atoms with E-state index < -0.39 is 0 Å². The lowest BCUT2D eigenvalue weighted by Crippen LogP contribution is -2.18. The van der Waals surface area contributed by atoms with Crippen LogP contribution in [0, 0.1) is 18.8 Å². The zero-order chi connectivity index (χ0) is 9.68. The molecule has 1 heterocycles. The molecule has 2 heteroatoms. The van der Waals surface area contributed by atoms with Gasteiger partial charge in [0.05, 0.1) is 0 Å². The molecule has 0 fully saturated rings. The number of aryl methyl sites for hydroxylation is 2. The maximum absolute atomic E-state index is 11.3. The van der Waals surface area contributed by atoms with Crippen LogP contribution >= 0.6 is 0 Å². The van der Waals surface area contributed by atoms with Gasteiger partial charge in [-0.15, -0.1) is 11.8 Å². The monoisotopic (exact) mass is 175 g/mol. The molecule has 0 aromatic carbocycles. The Morgan fingerprint density at radius 2 is 2.31 bits per heavy atom. The first-order valence-corrected chi connectivity index (χ1v) is 4.31. The number of hydrogen-bond acceptors (Lipinski definition) is 1. The fourth-order valence-electron chi connectivity index (χ4n) is 1.09. The maximum atomic E-state index is 11.3. The smallest absolute Gasteiger partial charge is 0.250 e. The summed E-state index contributed by atoms with van der Waals surface area (Å²) in [7, 11) is 0. The summed E-state index contributed by atoms with van der Waals surface area (Å²) < 4.78 is 1.68. The largest absolute Gasteiger partial charge is 0.315 e. The first kappa shape index (κ1) is 9.60. The molecule has 1 rings (SSSR count). The van der Waals surface area contributed by atoms with Crippen molar-refractivity contribution in [3.8, 4) is 11.8 Å². The van der Waals surface area contributed by atoms with Crippen LogP contribution in [0.15, 0.2) is 23.1 Å². The van der Waals surface area contributed by atoms with Crippen LogP contribution in [0.4, 0.5) is 0 Å². The predicted molar refractivity (Wildman–Crippen MR) is 53.5 cm³/mol. The van der Waals surface area contributed by atoms with Gasteiger partial charge in [-0.3, -0.25) is 4.79 Å². The summed E-state index contributed by atoms with van der Waals surface area (Å²) in [5.41, 5.74) is 1.06. The van der Waals surface area contributed by atoms with Gasteiger partial charge >= 0.3 is 0 Å². The van der Waals surface area contributed by atoms with Crippen LogP contribution in [-0.4, -0.2) is 4.57 Å². The van der Waals surface area contributed by atoms with E-state index in [-0.39, 0.29) is 5.56 Å². The molecule has 0 aliphatic carbocycles. The summed E-state index contributed by atoms with van der Waals surface area (Å²) in [4.78, 5) is 11.3. The molecule has 68 valence electrons. The van der Waals surface area contributed by atoms with Gasteiger partial charge in [-0.05, 0) is 25.5 Å². The Kier molecular flexibility index (Phi) is 3.33. The van der Waals surface area contributed by atoms with E-state index in [1.807, 2.05) is 19.2 Å². The molecule has 0 spiro atoms. The van der Waals surface area contributed by atoms with Crippen LogP contribution in [0.25, 0.3) is 0 Å². The molecule has 0 aliphatic heterocycles. The van der Waals surface area contributed by atoms with E-state index in [9.17, 15) is 4.79 Å². The van der Waals surface area contributed by atoms with Crippen LogP contribution in [0.2, 0.25) is 0 Å². The van der Waals surface area contributed by atoms with Crippen molar-refractivity contribution in [1.82, 2.24) is 4.57 Å². The number of pyridine rings is 1. The Morgan fingerprint density at radius 1 is 1.54 bits per heavy atom. The topological polar surface area (TPSA) is 22.0 Å². The summed E-state index contributed by atoms with van der Waals surface area (Å²) in [6, 6.07) is 3.57. The van der Waals surface area contributed by atoms with Gasteiger partial charge < -0.3 is 4.57 Å². The fourth-order valence-corrected chi connectivity index (χ4v) is 1.09. The van der Waals surface area contributed by atoms with Crippen molar-refractivity contribution in [2.75, 3.05) is 0 Å². The molecule has 0 saturated heterocycles. The summed E-state index contributed by atoms with van der Waals surface area (Å²) in [6.45, 7) is 4.40. The lowest BCUT2D eigenvalue weighted by atomic mass is 10.3. The van der Waals surface area contributed by atoms with Crippen molar-refractivity contribution in [3.05, 3.63) is 34.2 Å². The Labute approximate surface area is 78.2 Å². The zero-order valence-corrected chi connectivity index (χ0v) is 8.00. The van der Waals surface area contributed by atoms with E-state index in [4.69, 9.17) is 0 Å². The normalized spacial score (nSPS) is 9.08. The van der Waals surface area contributed by atoms with Gasteiger partial charge in [-0.2, -0.15) is 0 Å². The van der Waals surface area contributed by atoms with Crippen LogP contribution in [0.5, 0.6) is 0 Å². The zero-order valence-electron chi connectivity index (χ0n) is 8.00. The Bertz CT molecular complexity index is 393. The number of hydrogen-bond donors (Lipinski definition) is 0. The van der Waals surface area contributed by atoms with E-state index in [0.717, 1.165) is 12.0 Å². The van der Waals surface area contributed by atoms with Crippen molar-refractivity contribution >= 4 is 0 Å². The molecule has 0 saturated carbocycles. The van der Waals surface area contributed by atoms with E-state index in [1.54, 1.807) is 17.6 Å². The summed E-state index contributed by atoms with van der Waals surface area (Å²) in [5.74, 6) is 5.73. The molecule has 0 bridgehead atoms. The third-order valence-corrected chi connectivity index (χ3v) is 1.81. The van der Waals surface area contributed by atoms with Crippen molar-refractivity contribution in [3.63, 3.8) is 0 Å². The van der Waals surface area contributed by atoms with Gasteiger partial charge in [0.25, 0.3) is 5.56 Å². The lowest BCUT2D eigenvalue weighted by Gasteiger charge is -2.01. The maximum Gasteiger partial charge on any atom is 0.250 e. The average Bonchev–Trinajstić information content (AvgIpc) is 2.09. The molecule has 0 amide bonds. The van der Waals surface area contributed by atoms with Gasteiger partial charge in [0, 0.05) is 25.2 Å².